The van der Waals surface area contributed by atoms with Crippen LogP contribution in [-0.2, 0) is 10.0 Å². The minimum absolute atomic E-state index is 0.123. The predicted molar refractivity (Wildman–Crippen MR) is 123 cm³/mol. The highest BCUT2D eigenvalue weighted by Crippen LogP contribution is 2.25. The summed E-state index contributed by atoms with van der Waals surface area (Å²) in [6.07, 6.45) is 2.88. The fraction of sp³-hybridized carbons (Fsp3) is 0.261. The molecule has 0 aliphatic carbocycles. The molecule has 0 atom stereocenters. The Balaban J connectivity index is 1.33. The van der Waals surface area contributed by atoms with Crippen molar-refractivity contribution in [1.82, 2.24) is 23.9 Å². The van der Waals surface area contributed by atoms with Crippen molar-refractivity contribution in [3.8, 4) is 11.3 Å². The Bertz CT molecular complexity index is 1330. The van der Waals surface area contributed by atoms with Crippen molar-refractivity contribution < 1.29 is 8.42 Å². The number of piperidine rings is 1. The van der Waals surface area contributed by atoms with Crippen molar-refractivity contribution in [2.45, 2.75) is 30.7 Å². The predicted octanol–water partition coefficient (Wildman–Crippen LogP) is 3.36. The number of nitrogens with zero attached hydrogens (tertiary/aromatic N) is 5. The average molecular weight is 449 g/mol. The molecule has 2 aromatic heterocycles. The molecule has 9 heteroatoms. The van der Waals surface area contributed by atoms with Gasteiger partial charge < -0.3 is 5.32 Å². The van der Waals surface area contributed by atoms with E-state index in [1.807, 2.05) is 55.5 Å². The maximum absolute atomic E-state index is 13.0. The lowest BCUT2D eigenvalue weighted by atomic mass is 10.1. The Kier molecular flexibility index (Phi) is 5.36. The van der Waals surface area contributed by atoms with Crippen LogP contribution >= 0.6 is 0 Å². The molecule has 1 saturated heterocycles. The van der Waals surface area contributed by atoms with Gasteiger partial charge in [-0.05, 0) is 31.9 Å². The molecule has 2 aromatic carbocycles. The van der Waals surface area contributed by atoms with Gasteiger partial charge in [0, 0.05) is 30.8 Å². The maximum atomic E-state index is 13.0. The third kappa shape index (κ3) is 3.96. The molecule has 5 rings (SSSR count). The monoisotopic (exact) mass is 448 g/mol. The highest BCUT2D eigenvalue weighted by molar-refractivity contribution is 7.89. The van der Waals surface area contributed by atoms with Gasteiger partial charge in [0.1, 0.15) is 12.1 Å². The number of anilines is 1. The lowest BCUT2D eigenvalue weighted by molar-refractivity contribution is 0.329. The number of rotatable bonds is 5. The fourth-order valence-electron chi connectivity index (χ4n) is 3.98. The minimum atomic E-state index is -3.48. The molecule has 0 amide bonds. The van der Waals surface area contributed by atoms with Crippen LogP contribution in [0, 0.1) is 6.92 Å². The molecule has 3 heterocycles. The summed E-state index contributed by atoms with van der Waals surface area (Å²) in [7, 11) is -3.48. The first-order valence-electron chi connectivity index (χ1n) is 10.6. The van der Waals surface area contributed by atoms with E-state index in [2.05, 4.69) is 20.4 Å². The van der Waals surface area contributed by atoms with E-state index >= 15 is 0 Å². The standard InChI is InChI=1S/C23H24N6O2S/c1-17-7-9-20(10-8-17)32(30,31)28-13-11-19(12-14-28)26-22-15-21(18-5-3-2-4-6-18)27-23-24-16-25-29(22)23/h2-10,15-16,19,26H,11-14H2,1H3. The molecule has 32 heavy (non-hydrogen) atoms. The van der Waals surface area contributed by atoms with E-state index in [-0.39, 0.29) is 6.04 Å². The van der Waals surface area contributed by atoms with Crippen molar-refractivity contribution in [3.05, 3.63) is 72.6 Å². The van der Waals surface area contributed by atoms with E-state index in [1.54, 1.807) is 21.0 Å². The Labute approximate surface area is 187 Å². The van der Waals surface area contributed by atoms with Crippen molar-refractivity contribution in [3.63, 3.8) is 0 Å². The zero-order chi connectivity index (χ0) is 22.1. The molecular weight excluding hydrogens is 424 g/mol. The summed E-state index contributed by atoms with van der Waals surface area (Å²) in [5.74, 6) is 1.32. The Morgan fingerprint density at radius 1 is 1.00 bits per heavy atom. The number of aromatic nitrogens is 4. The molecule has 0 radical (unpaired) electrons. The van der Waals surface area contributed by atoms with Gasteiger partial charge in [-0.3, -0.25) is 0 Å². The summed E-state index contributed by atoms with van der Waals surface area (Å²) >= 11 is 0. The number of sulfonamides is 1. The second-order valence-electron chi connectivity index (χ2n) is 8.00. The molecule has 0 unspecified atom stereocenters. The van der Waals surface area contributed by atoms with Gasteiger partial charge in [-0.25, -0.2) is 13.4 Å². The molecule has 1 aliphatic heterocycles. The summed E-state index contributed by atoms with van der Waals surface area (Å²) < 4.78 is 29.2. The van der Waals surface area contributed by atoms with Gasteiger partial charge in [0.05, 0.1) is 10.6 Å². The first-order valence-corrected chi connectivity index (χ1v) is 12.0. The maximum Gasteiger partial charge on any atom is 0.254 e. The smallest absolute Gasteiger partial charge is 0.254 e. The molecule has 1 N–H and O–H groups in total. The Morgan fingerprint density at radius 3 is 2.44 bits per heavy atom. The van der Waals surface area contributed by atoms with E-state index in [0.717, 1.165) is 22.6 Å². The van der Waals surface area contributed by atoms with Crippen LogP contribution < -0.4 is 5.32 Å². The highest BCUT2D eigenvalue weighted by atomic mass is 32.2. The normalized spacial score (nSPS) is 15.8. The lowest BCUT2D eigenvalue weighted by Crippen LogP contribution is -2.42. The van der Waals surface area contributed by atoms with Gasteiger partial charge in [-0.15, -0.1) is 0 Å². The second kappa shape index (κ2) is 8.33. The summed E-state index contributed by atoms with van der Waals surface area (Å²) in [5, 5.41) is 7.83. The third-order valence-electron chi connectivity index (χ3n) is 5.79. The summed E-state index contributed by atoms with van der Waals surface area (Å²) in [6.45, 7) is 2.87. The zero-order valence-electron chi connectivity index (χ0n) is 17.7. The molecular formula is C23H24N6O2S. The summed E-state index contributed by atoms with van der Waals surface area (Å²) in [4.78, 5) is 9.21. The molecule has 164 valence electrons. The number of nitrogens with one attached hydrogen (secondary N) is 1. The van der Waals surface area contributed by atoms with Gasteiger partial charge in [-0.2, -0.15) is 18.9 Å². The second-order valence-corrected chi connectivity index (χ2v) is 9.94. The number of aryl methyl sites for hydroxylation is 1. The van der Waals surface area contributed by atoms with E-state index < -0.39 is 10.0 Å². The largest absolute Gasteiger partial charge is 0.367 e. The first kappa shape index (κ1) is 20.6. The molecule has 4 aromatic rings. The molecule has 0 bridgehead atoms. The summed E-state index contributed by atoms with van der Waals surface area (Å²) in [6, 6.07) is 19.0. The Morgan fingerprint density at radius 2 is 1.72 bits per heavy atom. The van der Waals surface area contributed by atoms with Gasteiger partial charge >= 0.3 is 0 Å². The van der Waals surface area contributed by atoms with E-state index in [9.17, 15) is 8.42 Å². The van der Waals surface area contributed by atoms with Crippen molar-refractivity contribution in [2.24, 2.45) is 0 Å². The fourth-order valence-corrected chi connectivity index (χ4v) is 5.45. The molecule has 0 saturated carbocycles. The SMILES string of the molecule is Cc1ccc(S(=O)(=O)N2CCC(Nc3cc(-c4ccccc4)nc4ncnn34)CC2)cc1. The van der Waals surface area contributed by atoms with Crippen molar-refractivity contribution in [2.75, 3.05) is 18.4 Å². The molecule has 0 spiro atoms. The van der Waals surface area contributed by atoms with Crippen LogP contribution in [0.15, 0.2) is 71.9 Å². The van der Waals surface area contributed by atoms with Crippen molar-refractivity contribution >= 4 is 21.6 Å². The van der Waals surface area contributed by atoms with Gasteiger partial charge in [-0.1, -0.05) is 48.0 Å². The number of hydrogen-bond acceptors (Lipinski definition) is 6. The van der Waals surface area contributed by atoms with Gasteiger partial charge in [0.2, 0.25) is 10.0 Å². The van der Waals surface area contributed by atoms with Crippen LogP contribution in [-0.4, -0.2) is 51.4 Å². The zero-order valence-corrected chi connectivity index (χ0v) is 18.5. The van der Waals surface area contributed by atoms with Crippen LogP contribution in [0.5, 0.6) is 0 Å². The van der Waals surface area contributed by atoms with Crippen LogP contribution in [0.1, 0.15) is 18.4 Å². The van der Waals surface area contributed by atoms with Crippen LogP contribution in [0.25, 0.3) is 17.0 Å². The number of fused-ring (bicyclic) bond motifs is 1. The molecule has 8 nitrogen and oxygen atoms in total. The van der Waals surface area contributed by atoms with Crippen LogP contribution in [0.4, 0.5) is 5.82 Å². The average Bonchev–Trinajstić information content (AvgIpc) is 3.29. The molecule has 1 fully saturated rings. The van der Waals surface area contributed by atoms with Crippen LogP contribution in [0.3, 0.4) is 0 Å². The number of benzene rings is 2. The first-order chi connectivity index (χ1) is 15.5. The minimum Gasteiger partial charge on any atom is -0.367 e. The Hall–Kier alpha value is -3.30. The third-order valence-corrected chi connectivity index (χ3v) is 7.70. The lowest BCUT2D eigenvalue weighted by Gasteiger charge is -2.32. The van der Waals surface area contributed by atoms with E-state index in [1.165, 1.54) is 6.33 Å². The quantitative estimate of drug-likeness (QED) is 0.503. The summed E-state index contributed by atoms with van der Waals surface area (Å²) in [5.41, 5.74) is 2.85. The van der Waals surface area contributed by atoms with Gasteiger partial charge in [0.25, 0.3) is 5.78 Å². The van der Waals surface area contributed by atoms with Gasteiger partial charge in [0.15, 0.2) is 0 Å². The van der Waals surface area contributed by atoms with E-state index in [0.29, 0.717) is 36.6 Å². The van der Waals surface area contributed by atoms with Crippen LogP contribution in [0.2, 0.25) is 0 Å². The van der Waals surface area contributed by atoms with Crippen molar-refractivity contribution in [1.29, 1.82) is 0 Å². The molecule has 1 aliphatic rings. The topological polar surface area (TPSA) is 92.5 Å². The highest BCUT2D eigenvalue weighted by Gasteiger charge is 2.29. The van der Waals surface area contributed by atoms with E-state index in [4.69, 9.17) is 0 Å². The number of hydrogen-bond donors (Lipinski definition) is 1.